The van der Waals surface area contributed by atoms with Gasteiger partial charge < -0.3 is 10.6 Å². The molecule has 0 aliphatic carbocycles. The fourth-order valence-electron chi connectivity index (χ4n) is 2.37. The summed E-state index contributed by atoms with van der Waals surface area (Å²) < 4.78 is 0. The summed E-state index contributed by atoms with van der Waals surface area (Å²) in [6.45, 7) is 1.25. The van der Waals surface area contributed by atoms with Crippen LogP contribution in [0.15, 0.2) is 42.5 Å². The molecule has 1 amide bonds. The molecule has 0 radical (unpaired) electrons. The van der Waals surface area contributed by atoms with E-state index in [-0.39, 0.29) is 5.91 Å². The zero-order chi connectivity index (χ0) is 13.4. The molecule has 0 fully saturated rings. The molecule has 1 aliphatic heterocycles. The fraction of sp³-hybridized carbons (Fsp3) is 0.133. The second-order valence-corrected chi connectivity index (χ2v) is 5.04. The summed E-state index contributed by atoms with van der Waals surface area (Å²) in [4.78, 5) is 14.3. The van der Waals surface area contributed by atoms with Gasteiger partial charge in [-0.1, -0.05) is 41.9 Å². The molecule has 0 aromatic heterocycles. The van der Waals surface area contributed by atoms with E-state index in [0.717, 1.165) is 0 Å². The van der Waals surface area contributed by atoms with Crippen molar-refractivity contribution in [3.05, 3.63) is 64.2 Å². The van der Waals surface area contributed by atoms with Gasteiger partial charge in [-0.3, -0.25) is 4.79 Å². The highest BCUT2D eigenvalue weighted by Crippen LogP contribution is 2.28. The van der Waals surface area contributed by atoms with Crippen LogP contribution in [-0.4, -0.2) is 10.8 Å². The first-order valence-electron chi connectivity index (χ1n) is 6.07. The van der Waals surface area contributed by atoms with E-state index in [9.17, 15) is 4.79 Å². The highest BCUT2D eigenvalue weighted by Gasteiger charge is 2.25. The molecule has 2 aromatic carbocycles. The van der Waals surface area contributed by atoms with Gasteiger partial charge in [0.15, 0.2) is 0 Å². The summed E-state index contributed by atoms with van der Waals surface area (Å²) in [5, 5.41) is 0.419. The second kappa shape index (κ2) is 4.59. The SMILES string of the molecule is Nc1c(Cl)cccc1C(=O)N1Cc2ccccc2C1. The highest BCUT2D eigenvalue weighted by atomic mass is 35.5. The Labute approximate surface area is 116 Å². The lowest BCUT2D eigenvalue weighted by molar-refractivity contribution is 0.0752. The Morgan fingerprint density at radius 2 is 1.68 bits per heavy atom. The largest absolute Gasteiger partial charge is 0.397 e. The molecular formula is C15H13ClN2O. The zero-order valence-electron chi connectivity index (χ0n) is 10.3. The number of benzene rings is 2. The van der Waals surface area contributed by atoms with Gasteiger partial charge in [-0.2, -0.15) is 0 Å². The van der Waals surface area contributed by atoms with E-state index in [4.69, 9.17) is 17.3 Å². The minimum Gasteiger partial charge on any atom is -0.397 e. The number of hydrogen-bond acceptors (Lipinski definition) is 2. The van der Waals surface area contributed by atoms with E-state index < -0.39 is 0 Å². The maximum atomic E-state index is 12.5. The van der Waals surface area contributed by atoms with Crippen molar-refractivity contribution in [1.29, 1.82) is 0 Å². The van der Waals surface area contributed by atoms with Gasteiger partial charge in [0.1, 0.15) is 0 Å². The van der Waals surface area contributed by atoms with Gasteiger partial charge >= 0.3 is 0 Å². The van der Waals surface area contributed by atoms with Crippen LogP contribution in [0.25, 0.3) is 0 Å². The number of rotatable bonds is 1. The summed E-state index contributed by atoms with van der Waals surface area (Å²) in [5.74, 6) is -0.0730. The molecule has 96 valence electrons. The Hall–Kier alpha value is -2.00. The molecule has 0 saturated heterocycles. The molecule has 0 unspecified atom stereocenters. The average molecular weight is 273 g/mol. The lowest BCUT2D eigenvalue weighted by atomic mass is 10.1. The average Bonchev–Trinajstić information content (AvgIpc) is 2.85. The minimum atomic E-state index is -0.0730. The first-order valence-corrected chi connectivity index (χ1v) is 6.44. The van der Waals surface area contributed by atoms with Crippen LogP contribution in [0.5, 0.6) is 0 Å². The van der Waals surface area contributed by atoms with E-state index >= 15 is 0 Å². The van der Waals surface area contributed by atoms with Crippen LogP contribution in [0.2, 0.25) is 5.02 Å². The van der Waals surface area contributed by atoms with E-state index in [0.29, 0.717) is 29.4 Å². The van der Waals surface area contributed by atoms with Crippen molar-refractivity contribution in [3.8, 4) is 0 Å². The van der Waals surface area contributed by atoms with Crippen LogP contribution in [0.1, 0.15) is 21.5 Å². The number of hydrogen-bond donors (Lipinski definition) is 1. The number of amides is 1. The quantitative estimate of drug-likeness (QED) is 0.811. The van der Waals surface area contributed by atoms with Crippen molar-refractivity contribution in [1.82, 2.24) is 4.90 Å². The van der Waals surface area contributed by atoms with E-state index in [1.807, 2.05) is 24.3 Å². The summed E-state index contributed by atoms with van der Waals surface area (Å²) in [6.07, 6.45) is 0. The van der Waals surface area contributed by atoms with Crippen molar-refractivity contribution >= 4 is 23.2 Å². The molecule has 0 atom stereocenters. The van der Waals surface area contributed by atoms with E-state index in [1.165, 1.54) is 11.1 Å². The number of para-hydroxylation sites is 1. The minimum absolute atomic E-state index is 0.0730. The summed E-state index contributed by atoms with van der Waals surface area (Å²) in [6, 6.07) is 13.2. The van der Waals surface area contributed by atoms with E-state index in [2.05, 4.69) is 0 Å². The molecule has 4 heteroatoms. The molecule has 1 aliphatic rings. The third-order valence-corrected chi connectivity index (χ3v) is 3.74. The maximum absolute atomic E-state index is 12.5. The van der Waals surface area contributed by atoms with Crippen molar-refractivity contribution < 1.29 is 4.79 Å². The third kappa shape index (κ3) is 2.06. The smallest absolute Gasteiger partial charge is 0.256 e. The molecule has 2 N–H and O–H groups in total. The van der Waals surface area contributed by atoms with Crippen molar-refractivity contribution in [2.24, 2.45) is 0 Å². The topological polar surface area (TPSA) is 46.3 Å². The Morgan fingerprint density at radius 1 is 1.05 bits per heavy atom. The maximum Gasteiger partial charge on any atom is 0.256 e. The lowest BCUT2D eigenvalue weighted by Gasteiger charge is -2.17. The Balaban J connectivity index is 1.89. The van der Waals surface area contributed by atoms with Gasteiger partial charge in [0.2, 0.25) is 0 Å². The summed E-state index contributed by atoms with van der Waals surface area (Å²) in [7, 11) is 0. The van der Waals surface area contributed by atoms with Crippen LogP contribution in [0, 0.1) is 0 Å². The predicted octanol–water partition coefficient (Wildman–Crippen LogP) is 3.08. The molecule has 0 saturated carbocycles. The second-order valence-electron chi connectivity index (χ2n) is 4.63. The standard InChI is InChI=1S/C15H13ClN2O/c16-13-7-3-6-12(14(13)17)15(19)18-8-10-4-1-2-5-11(10)9-18/h1-7H,8-9,17H2. The monoisotopic (exact) mass is 272 g/mol. The fourth-order valence-corrected chi connectivity index (χ4v) is 2.55. The molecule has 0 spiro atoms. The van der Waals surface area contributed by atoms with Gasteiger partial charge in [-0.05, 0) is 23.3 Å². The zero-order valence-corrected chi connectivity index (χ0v) is 11.0. The Morgan fingerprint density at radius 3 is 2.32 bits per heavy atom. The van der Waals surface area contributed by atoms with Crippen LogP contribution in [0.4, 0.5) is 5.69 Å². The molecule has 19 heavy (non-hydrogen) atoms. The highest BCUT2D eigenvalue weighted by molar-refractivity contribution is 6.33. The first-order chi connectivity index (χ1) is 9.16. The number of halogens is 1. The number of fused-ring (bicyclic) bond motifs is 1. The predicted molar refractivity (Wildman–Crippen MR) is 75.9 cm³/mol. The number of carbonyl (C=O) groups excluding carboxylic acids is 1. The number of anilines is 1. The molecular weight excluding hydrogens is 260 g/mol. The van der Waals surface area contributed by atoms with Gasteiger partial charge in [0.05, 0.1) is 16.3 Å². The van der Waals surface area contributed by atoms with Gasteiger partial charge in [0.25, 0.3) is 5.91 Å². The van der Waals surface area contributed by atoms with Crippen LogP contribution >= 0.6 is 11.6 Å². The first kappa shape index (κ1) is 12.1. The van der Waals surface area contributed by atoms with Crippen molar-refractivity contribution in [2.45, 2.75) is 13.1 Å². The van der Waals surface area contributed by atoms with Crippen molar-refractivity contribution in [3.63, 3.8) is 0 Å². The molecule has 0 bridgehead atoms. The molecule has 1 heterocycles. The Bertz CT molecular complexity index is 629. The number of carbonyl (C=O) groups is 1. The lowest BCUT2D eigenvalue weighted by Crippen LogP contribution is -2.26. The number of nitrogen functional groups attached to an aromatic ring is 1. The van der Waals surface area contributed by atoms with Crippen molar-refractivity contribution in [2.75, 3.05) is 5.73 Å². The van der Waals surface area contributed by atoms with Crippen LogP contribution in [-0.2, 0) is 13.1 Å². The van der Waals surface area contributed by atoms with Gasteiger partial charge in [-0.15, -0.1) is 0 Å². The summed E-state index contributed by atoms with van der Waals surface area (Å²) in [5.41, 5.74) is 9.08. The number of nitrogens with two attached hydrogens (primary N) is 1. The third-order valence-electron chi connectivity index (χ3n) is 3.41. The molecule has 3 rings (SSSR count). The van der Waals surface area contributed by atoms with Crippen LogP contribution in [0.3, 0.4) is 0 Å². The summed E-state index contributed by atoms with van der Waals surface area (Å²) >= 11 is 5.96. The van der Waals surface area contributed by atoms with Gasteiger partial charge in [0, 0.05) is 13.1 Å². The van der Waals surface area contributed by atoms with Crippen LogP contribution < -0.4 is 5.73 Å². The van der Waals surface area contributed by atoms with E-state index in [1.54, 1.807) is 23.1 Å². The normalized spacial score (nSPS) is 13.4. The molecule has 3 nitrogen and oxygen atoms in total. The molecule has 2 aromatic rings. The Kier molecular flexibility index (Phi) is 2.91. The number of nitrogens with zero attached hydrogens (tertiary/aromatic N) is 1. The van der Waals surface area contributed by atoms with Gasteiger partial charge in [-0.25, -0.2) is 0 Å².